The summed E-state index contributed by atoms with van der Waals surface area (Å²) in [5.74, 6) is 0.519. The topological polar surface area (TPSA) is 44.7 Å². The summed E-state index contributed by atoms with van der Waals surface area (Å²) in [5.41, 5.74) is 1.80. The molecule has 0 atom stereocenters. The van der Waals surface area contributed by atoms with E-state index < -0.39 is 0 Å². The van der Waals surface area contributed by atoms with E-state index in [1.165, 1.54) is 0 Å². The highest BCUT2D eigenvalue weighted by Gasteiger charge is 2.25. The number of nitrogens with one attached hydrogen (secondary N) is 1. The van der Waals surface area contributed by atoms with E-state index in [9.17, 15) is 4.79 Å². The van der Waals surface area contributed by atoms with Crippen molar-refractivity contribution in [2.24, 2.45) is 4.99 Å². The minimum atomic E-state index is -0.0200. The second-order valence-corrected chi connectivity index (χ2v) is 5.12. The molecule has 5 heteroatoms. The molecule has 21 heavy (non-hydrogen) atoms. The molecule has 1 aliphatic heterocycles. The SMILES string of the molecule is O=C1CN=C(Nc2ccccc2Cl)N1Cc1ccccc1. The van der Waals surface area contributed by atoms with Crippen molar-refractivity contribution in [3.8, 4) is 0 Å². The summed E-state index contributed by atoms with van der Waals surface area (Å²) >= 11 is 6.13. The summed E-state index contributed by atoms with van der Waals surface area (Å²) in [4.78, 5) is 17.9. The maximum Gasteiger partial charge on any atom is 0.251 e. The van der Waals surface area contributed by atoms with Crippen LogP contribution in [0.1, 0.15) is 5.56 Å². The predicted molar refractivity (Wildman–Crippen MR) is 84.4 cm³/mol. The first kappa shape index (κ1) is 13.6. The first-order valence-corrected chi connectivity index (χ1v) is 7.02. The molecule has 1 heterocycles. The van der Waals surface area contributed by atoms with Crippen LogP contribution in [0.15, 0.2) is 59.6 Å². The zero-order valence-electron chi connectivity index (χ0n) is 11.3. The number of nitrogens with zero attached hydrogens (tertiary/aromatic N) is 2. The van der Waals surface area contributed by atoms with Crippen LogP contribution in [0.2, 0.25) is 5.02 Å². The van der Waals surface area contributed by atoms with Crippen LogP contribution in [-0.2, 0) is 11.3 Å². The molecular formula is C16H14ClN3O. The molecule has 3 rings (SSSR count). The Hall–Kier alpha value is -2.33. The summed E-state index contributed by atoms with van der Waals surface area (Å²) < 4.78 is 0. The number of hydrogen-bond acceptors (Lipinski definition) is 3. The molecule has 2 aromatic rings. The van der Waals surface area contributed by atoms with Crippen molar-refractivity contribution in [2.75, 3.05) is 11.9 Å². The number of anilines is 1. The van der Waals surface area contributed by atoms with Crippen molar-refractivity contribution in [1.82, 2.24) is 4.90 Å². The van der Waals surface area contributed by atoms with Gasteiger partial charge < -0.3 is 5.32 Å². The summed E-state index contributed by atoms with van der Waals surface area (Å²) in [5, 5.41) is 3.73. The lowest BCUT2D eigenvalue weighted by atomic mass is 10.2. The summed E-state index contributed by atoms with van der Waals surface area (Å²) in [7, 11) is 0. The number of carbonyl (C=O) groups is 1. The smallest absolute Gasteiger partial charge is 0.251 e. The van der Waals surface area contributed by atoms with Crippen LogP contribution >= 0.6 is 11.6 Å². The Bertz CT molecular complexity index is 685. The molecule has 106 valence electrons. The Kier molecular flexibility index (Phi) is 3.88. The van der Waals surface area contributed by atoms with Gasteiger partial charge in [-0.25, -0.2) is 4.99 Å². The molecule has 0 saturated carbocycles. The van der Waals surface area contributed by atoms with Crippen molar-refractivity contribution >= 4 is 29.2 Å². The minimum Gasteiger partial charge on any atom is -0.324 e. The number of aliphatic imine (C=N–C) groups is 1. The van der Waals surface area contributed by atoms with Crippen LogP contribution in [0.5, 0.6) is 0 Å². The number of hydrogen-bond donors (Lipinski definition) is 1. The Morgan fingerprint density at radius 1 is 1.10 bits per heavy atom. The molecule has 0 aliphatic carbocycles. The molecule has 1 N–H and O–H groups in total. The van der Waals surface area contributed by atoms with Gasteiger partial charge in [-0.2, -0.15) is 0 Å². The van der Waals surface area contributed by atoms with Gasteiger partial charge in [0.1, 0.15) is 6.54 Å². The van der Waals surface area contributed by atoms with Gasteiger partial charge in [-0.15, -0.1) is 0 Å². The second-order valence-electron chi connectivity index (χ2n) is 4.71. The Morgan fingerprint density at radius 2 is 1.81 bits per heavy atom. The highest BCUT2D eigenvalue weighted by molar-refractivity contribution is 6.33. The summed E-state index contributed by atoms with van der Waals surface area (Å²) in [6.07, 6.45) is 0. The standard InChI is InChI=1S/C16H14ClN3O/c17-13-8-4-5-9-14(13)19-16-18-10-15(21)20(16)11-12-6-2-1-3-7-12/h1-9H,10-11H2,(H,18,19). The number of benzene rings is 2. The normalized spacial score (nSPS) is 14.2. The van der Waals surface area contributed by atoms with Gasteiger partial charge in [-0.3, -0.25) is 9.69 Å². The molecule has 0 aromatic heterocycles. The third kappa shape index (κ3) is 3.06. The maximum absolute atomic E-state index is 12.0. The van der Waals surface area contributed by atoms with Gasteiger partial charge in [-0.1, -0.05) is 54.1 Å². The third-order valence-corrected chi connectivity index (χ3v) is 3.55. The van der Waals surface area contributed by atoms with Gasteiger partial charge in [0.15, 0.2) is 0 Å². The molecule has 0 spiro atoms. The van der Waals surface area contributed by atoms with Gasteiger partial charge in [-0.05, 0) is 17.7 Å². The van der Waals surface area contributed by atoms with Crippen LogP contribution in [0.3, 0.4) is 0 Å². The van der Waals surface area contributed by atoms with Crippen LogP contribution in [-0.4, -0.2) is 23.3 Å². The molecule has 1 aliphatic rings. The fourth-order valence-electron chi connectivity index (χ4n) is 2.15. The van der Waals surface area contributed by atoms with Crippen LogP contribution in [0.25, 0.3) is 0 Å². The van der Waals surface area contributed by atoms with Gasteiger partial charge >= 0.3 is 0 Å². The number of rotatable bonds is 3. The van der Waals surface area contributed by atoms with Crippen molar-refractivity contribution in [1.29, 1.82) is 0 Å². The first-order chi connectivity index (χ1) is 10.2. The van der Waals surface area contributed by atoms with Crippen molar-refractivity contribution < 1.29 is 4.79 Å². The number of halogens is 1. The fraction of sp³-hybridized carbons (Fsp3) is 0.125. The van der Waals surface area contributed by atoms with E-state index in [1.54, 1.807) is 11.0 Å². The van der Waals surface area contributed by atoms with Gasteiger partial charge in [0.25, 0.3) is 5.91 Å². The third-order valence-electron chi connectivity index (χ3n) is 3.22. The summed E-state index contributed by atoms with van der Waals surface area (Å²) in [6.45, 7) is 0.662. The molecule has 0 bridgehead atoms. The van der Waals surface area contributed by atoms with E-state index >= 15 is 0 Å². The van der Waals surface area contributed by atoms with E-state index in [4.69, 9.17) is 11.6 Å². The zero-order valence-corrected chi connectivity index (χ0v) is 12.0. The largest absolute Gasteiger partial charge is 0.324 e. The fourth-order valence-corrected chi connectivity index (χ4v) is 2.33. The quantitative estimate of drug-likeness (QED) is 0.946. The molecule has 1 amide bonds. The van der Waals surface area contributed by atoms with Crippen LogP contribution in [0.4, 0.5) is 5.69 Å². The van der Waals surface area contributed by atoms with Crippen molar-refractivity contribution in [3.05, 3.63) is 65.2 Å². The van der Waals surface area contributed by atoms with Gasteiger partial charge in [0.05, 0.1) is 17.3 Å². The van der Waals surface area contributed by atoms with E-state index in [1.807, 2.05) is 48.5 Å². The highest BCUT2D eigenvalue weighted by Crippen LogP contribution is 2.22. The lowest BCUT2D eigenvalue weighted by Crippen LogP contribution is -2.36. The minimum absolute atomic E-state index is 0.0200. The predicted octanol–water partition coefficient (Wildman–Crippen LogP) is 3.15. The molecule has 0 fully saturated rings. The second kappa shape index (κ2) is 5.97. The average molecular weight is 300 g/mol. The molecule has 2 aromatic carbocycles. The van der Waals surface area contributed by atoms with Crippen LogP contribution in [0, 0.1) is 0 Å². The molecule has 0 radical (unpaired) electrons. The number of para-hydroxylation sites is 1. The van der Waals surface area contributed by atoms with E-state index in [0.29, 0.717) is 17.5 Å². The summed E-state index contributed by atoms with van der Waals surface area (Å²) in [6, 6.07) is 17.2. The van der Waals surface area contributed by atoms with Crippen molar-refractivity contribution in [3.63, 3.8) is 0 Å². The van der Waals surface area contributed by atoms with Gasteiger partial charge in [0.2, 0.25) is 5.96 Å². The highest BCUT2D eigenvalue weighted by atomic mass is 35.5. The number of guanidine groups is 1. The molecule has 4 nitrogen and oxygen atoms in total. The van der Waals surface area contributed by atoms with E-state index in [0.717, 1.165) is 11.3 Å². The Morgan fingerprint density at radius 3 is 2.57 bits per heavy atom. The zero-order chi connectivity index (χ0) is 14.7. The molecule has 0 unspecified atom stereocenters. The number of amides is 1. The molecular weight excluding hydrogens is 286 g/mol. The average Bonchev–Trinajstić information content (AvgIpc) is 2.84. The monoisotopic (exact) mass is 299 g/mol. The maximum atomic E-state index is 12.0. The first-order valence-electron chi connectivity index (χ1n) is 6.64. The molecule has 0 saturated heterocycles. The lowest BCUT2D eigenvalue weighted by molar-refractivity contribution is -0.125. The van der Waals surface area contributed by atoms with Crippen molar-refractivity contribution in [2.45, 2.75) is 6.54 Å². The Labute approximate surface area is 128 Å². The van der Waals surface area contributed by atoms with Gasteiger partial charge in [0, 0.05) is 0 Å². The van der Waals surface area contributed by atoms with E-state index in [-0.39, 0.29) is 12.5 Å². The van der Waals surface area contributed by atoms with E-state index in [2.05, 4.69) is 10.3 Å². The lowest BCUT2D eigenvalue weighted by Gasteiger charge is -2.20. The number of carbonyl (C=O) groups excluding carboxylic acids is 1. The van der Waals surface area contributed by atoms with Crippen LogP contribution < -0.4 is 5.32 Å². The Balaban J connectivity index is 1.78.